The lowest BCUT2D eigenvalue weighted by molar-refractivity contribution is 0.112. The van der Waals surface area contributed by atoms with Crippen LogP contribution in [0.1, 0.15) is 10.4 Å². The monoisotopic (exact) mass is 188 g/mol. The summed E-state index contributed by atoms with van der Waals surface area (Å²) in [5.41, 5.74) is 0.999. The number of aromatic hydroxyl groups is 1. The first-order valence-electron chi connectivity index (χ1n) is 4.09. The van der Waals surface area contributed by atoms with Crippen molar-refractivity contribution in [2.75, 3.05) is 0 Å². The van der Waals surface area contributed by atoms with Crippen molar-refractivity contribution in [3.63, 3.8) is 0 Å². The van der Waals surface area contributed by atoms with Crippen LogP contribution < -0.4 is 0 Å². The summed E-state index contributed by atoms with van der Waals surface area (Å²) in [4.78, 5) is 10.4. The van der Waals surface area contributed by atoms with E-state index in [4.69, 9.17) is 0 Å². The summed E-state index contributed by atoms with van der Waals surface area (Å²) in [5, 5.41) is 13.4. The second-order valence-electron chi connectivity index (χ2n) is 2.81. The first-order chi connectivity index (χ1) is 6.81. The lowest BCUT2D eigenvalue weighted by Crippen LogP contribution is -1.94. The minimum atomic E-state index is -0.0343. The van der Waals surface area contributed by atoms with Crippen LogP contribution in [0.25, 0.3) is 5.69 Å². The maximum Gasteiger partial charge on any atom is 0.153 e. The van der Waals surface area contributed by atoms with Gasteiger partial charge in [0.05, 0.1) is 11.3 Å². The van der Waals surface area contributed by atoms with Crippen LogP contribution in [0, 0.1) is 0 Å². The summed E-state index contributed by atoms with van der Waals surface area (Å²) < 4.78 is 1.61. The Hall–Kier alpha value is -2.10. The molecule has 0 saturated heterocycles. The van der Waals surface area contributed by atoms with E-state index in [0.717, 1.165) is 5.69 Å². The first kappa shape index (κ1) is 8.50. The number of carbonyl (C=O) groups excluding carboxylic acids is 1. The molecule has 0 aliphatic rings. The molecule has 2 rings (SSSR count). The van der Waals surface area contributed by atoms with Crippen LogP contribution in [-0.4, -0.2) is 21.2 Å². The molecule has 70 valence electrons. The molecule has 4 heteroatoms. The molecule has 0 spiro atoms. The average Bonchev–Trinajstić information content (AvgIpc) is 2.70. The molecule has 2 aromatic rings. The van der Waals surface area contributed by atoms with E-state index >= 15 is 0 Å². The fourth-order valence-electron chi connectivity index (χ4n) is 1.20. The third-order valence-corrected chi connectivity index (χ3v) is 1.91. The molecule has 1 aromatic carbocycles. The van der Waals surface area contributed by atoms with Gasteiger partial charge in [-0.15, -0.1) is 0 Å². The number of aldehydes is 1. The largest absolute Gasteiger partial charge is 0.507 e. The minimum Gasteiger partial charge on any atom is -0.507 e. The highest BCUT2D eigenvalue weighted by molar-refractivity contribution is 5.79. The number of phenols is 1. The number of benzene rings is 1. The van der Waals surface area contributed by atoms with Crippen LogP contribution in [0.4, 0.5) is 0 Å². The highest BCUT2D eigenvalue weighted by atomic mass is 16.3. The molecule has 1 N–H and O–H groups in total. The topological polar surface area (TPSA) is 55.1 Å². The zero-order valence-electron chi connectivity index (χ0n) is 7.29. The van der Waals surface area contributed by atoms with Crippen molar-refractivity contribution in [3.05, 3.63) is 42.2 Å². The van der Waals surface area contributed by atoms with Gasteiger partial charge in [0.2, 0.25) is 0 Å². The molecular formula is C10H8N2O2. The molecule has 14 heavy (non-hydrogen) atoms. The van der Waals surface area contributed by atoms with Crippen molar-refractivity contribution in [3.8, 4) is 11.4 Å². The van der Waals surface area contributed by atoms with E-state index in [1.807, 2.05) is 0 Å². The second-order valence-corrected chi connectivity index (χ2v) is 2.81. The van der Waals surface area contributed by atoms with E-state index < -0.39 is 0 Å². The summed E-state index contributed by atoms with van der Waals surface area (Å²) in [5.74, 6) is -0.0343. The summed E-state index contributed by atoms with van der Waals surface area (Å²) in [6, 6.07) is 6.55. The third kappa shape index (κ3) is 1.37. The Bertz CT molecular complexity index is 449. The quantitative estimate of drug-likeness (QED) is 0.724. The maximum absolute atomic E-state index is 10.4. The number of hydrogen-bond donors (Lipinski definition) is 1. The Morgan fingerprint density at radius 3 is 2.86 bits per heavy atom. The van der Waals surface area contributed by atoms with Crippen molar-refractivity contribution < 1.29 is 9.90 Å². The van der Waals surface area contributed by atoms with Gasteiger partial charge < -0.3 is 5.11 Å². The van der Waals surface area contributed by atoms with Gasteiger partial charge in [0.25, 0.3) is 0 Å². The number of aromatic nitrogens is 2. The number of hydrogen-bond acceptors (Lipinski definition) is 3. The molecule has 0 radical (unpaired) electrons. The fraction of sp³-hybridized carbons (Fsp3) is 0. The average molecular weight is 188 g/mol. The molecule has 4 nitrogen and oxygen atoms in total. The van der Waals surface area contributed by atoms with Gasteiger partial charge >= 0.3 is 0 Å². The highest BCUT2D eigenvalue weighted by Crippen LogP contribution is 2.18. The van der Waals surface area contributed by atoms with E-state index in [1.165, 1.54) is 6.07 Å². The normalized spacial score (nSPS) is 10.0. The van der Waals surface area contributed by atoms with Crippen LogP contribution in [0.2, 0.25) is 0 Å². The van der Waals surface area contributed by atoms with Crippen molar-refractivity contribution in [1.29, 1.82) is 0 Å². The van der Waals surface area contributed by atoms with E-state index in [9.17, 15) is 9.90 Å². The molecule has 0 amide bonds. The molecule has 0 unspecified atom stereocenters. The molecule has 0 atom stereocenters. The summed E-state index contributed by atoms with van der Waals surface area (Å²) in [7, 11) is 0. The molecule has 1 heterocycles. The molecule has 0 aliphatic heterocycles. The van der Waals surface area contributed by atoms with Crippen molar-refractivity contribution in [1.82, 2.24) is 9.78 Å². The standard InChI is InChI=1S/C10H8N2O2/c13-7-8-2-3-9(6-10(8)14)12-5-1-4-11-12/h1-7,14H. The zero-order chi connectivity index (χ0) is 9.97. The Morgan fingerprint density at radius 2 is 2.29 bits per heavy atom. The molecule has 1 aromatic heterocycles. The predicted molar refractivity (Wildman–Crippen MR) is 50.6 cm³/mol. The lowest BCUT2D eigenvalue weighted by Gasteiger charge is -2.02. The molecule has 0 aliphatic carbocycles. The van der Waals surface area contributed by atoms with Gasteiger partial charge in [-0.25, -0.2) is 4.68 Å². The van der Waals surface area contributed by atoms with Crippen molar-refractivity contribution >= 4 is 6.29 Å². The Balaban J connectivity index is 2.48. The van der Waals surface area contributed by atoms with E-state index in [1.54, 1.807) is 35.3 Å². The number of carbonyl (C=O) groups is 1. The van der Waals surface area contributed by atoms with Gasteiger partial charge in [-0.05, 0) is 18.2 Å². The second kappa shape index (κ2) is 3.33. The van der Waals surface area contributed by atoms with Crippen molar-refractivity contribution in [2.45, 2.75) is 0 Å². The molecule has 0 bridgehead atoms. The number of nitrogens with zero attached hydrogens (tertiary/aromatic N) is 2. The van der Waals surface area contributed by atoms with Crippen LogP contribution >= 0.6 is 0 Å². The minimum absolute atomic E-state index is 0.0343. The van der Waals surface area contributed by atoms with Gasteiger partial charge in [0.1, 0.15) is 5.75 Å². The summed E-state index contributed by atoms with van der Waals surface area (Å²) >= 11 is 0. The molecule has 0 fully saturated rings. The van der Waals surface area contributed by atoms with Gasteiger partial charge in [-0.3, -0.25) is 4.79 Å². The van der Waals surface area contributed by atoms with Gasteiger partial charge in [-0.1, -0.05) is 0 Å². The maximum atomic E-state index is 10.4. The first-order valence-corrected chi connectivity index (χ1v) is 4.09. The smallest absolute Gasteiger partial charge is 0.153 e. The van der Waals surface area contributed by atoms with Crippen molar-refractivity contribution in [2.24, 2.45) is 0 Å². The van der Waals surface area contributed by atoms with Gasteiger partial charge in [0.15, 0.2) is 6.29 Å². The third-order valence-electron chi connectivity index (χ3n) is 1.91. The van der Waals surface area contributed by atoms with Crippen LogP contribution in [-0.2, 0) is 0 Å². The fourth-order valence-corrected chi connectivity index (χ4v) is 1.20. The predicted octanol–water partition coefficient (Wildman–Crippen LogP) is 1.39. The SMILES string of the molecule is O=Cc1ccc(-n2cccn2)cc1O. The Morgan fingerprint density at radius 1 is 1.43 bits per heavy atom. The van der Waals surface area contributed by atoms with Gasteiger partial charge in [-0.2, -0.15) is 5.10 Å². The summed E-state index contributed by atoms with van der Waals surface area (Å²) in [6.07, 6.45) is 4.02. The number of phenolic OH excluding ortho intramolecular Hbond substituents is 1. The van der Waals surface area contributed by atoms with Crippen LogP contribution in [0.5, 0.6) is 5.75 Å². The number of rotatable bonds is 2. The van der Waals surface area contributed by atoms with Crippen LogP contribution in [0.15, 0.2) is 36.7 Å². The highest BCUT2D eigenvalue weighted by Gasteiger charge is 2.02. The summed E-state index contributed by atoms with van der Waals surface area (Å²) in [6.45, 7) is 0. The van der Waals surface area contributed by atoms with Gasteiger partial charge in [0, 0.05) is 18.5 Å². The zero-order valence-corrected chi connectivity index (χ0v) is 7.29. The van der Waals surface area contributed by atoms with Crippen LogP contribution in [0.3, 0.4) is 0 Å². The van der Waals surface area contributed by atoms with E-state index in [2.05, 4.69) is 5.10 Å². The Kier molecular flexibility index (Phi) is 2.02. The van der Waals surface area contributed by atoms with E-state index in [0.29, 0.717) is 6.29 Å². The van der Waals surface area contributed by atoms with E-state index in [-0.39, 0.29) is 11.3 Å². The Labute approximate surface area is 80.4 Å². The lowest BCUT2D eigenvalue weighted by atomic mass is 10.2. The molecular weight excluding hydrogens is 180 g/mol. The molecule has 0 saturated carbocycles.